The first-order valence-electron chi connectivity index (χ1n) is 18.0. The van der Waals surface area contributed by atoms with Gasteiger partial charge in [-0.15, -0.1) is 15.0 Å². The Labute approximate surface area is 270 Å². The fourth-order valence-electron chi connectivity index (χ4n) is 9.22. The number of aromatic nitrogens is 3. The van der Waals surface area contributed by atoms with Gasteiger partial charge in [0, 0.05) is 12.0 Å². The zero-order valence-corrected chi connectivity index (χ0v) is 28.1. The van der Waals surface area contributed by atoms with Gasteiger partial charge in [0.05, 0.1) is 6.61 Å². The third-order valence-corrected chi connectivity index (χ3v) is 11.7. The largest absolute Gasteiger partial charge is 0.505 e. The van der Waals surface area contributed by atoms with Crippen LogP contribution in [0.4, 0.5) is 0 Å². The van der Waals surface area contributed by atoms with Crippen molar-refractivity contribution in [2.24, 2.45) is 35.5 Å². The van der Waals surface area contributed by atoms with Crippen LogP contribution in [0.2, 0.25) is 0 Å². The lowest BCUT2D eigenvalue weighted by Gasteiger charge is -2.23. The molecule has 6 unspecified atom stereocenters. The highest BCUT2D eigenvalue weighted by Gasteiger charge is 2.44. The van der Waals surface area contributed by atoms with Crippen molar-refractivity contribution in [1.82, 2.24) is 15.0 Å². The zero-order valence-electron chi connectivity index (χ0n) is 28.1. The van der Waals surface area contributed by atoms with Crippen LogP contribution in [0.3, 0.4) is 0 Å². The number of phenolic OH excluding ortho intramolecular Hbond substituents is 1. The number of carbonyl (C=O) groups is 1. The number of nitrogens with zero attached hydrogens (tertiary/aromatic N) is 3. The highest BCUT2D eigenvalue weighted by molar-refractivity contribution is 5.74. The van der Waals surface area contributed by atoms with Gasteiger partial charge >= 0.3 is 5.97 Å². The quantitative estimate of drug-likeness (QED) is 0.163. The summed E-state index contributed by atoms with van der Waals surface area (Å²) in [6, 6.07) is 11.6. The molecule has 1 heterocycles. The van der Waals surface area contributed by atoms with Crippen molar-refractivity contribution in [2.45, 2.75) is 123 Å². The van der Waals surface area contributed by atoms with Crippen LogP contribution >= 0.6 is 0 Å². The van der Waals surface area contributed by atoms with Crippen molar-refractivity contribution in [3.63, 3.8) is 0 Å². The van der Waals surface area contributed by atoms with E-state index in [0.717, 1.165) is 64.1 Å². The summed E-state index contributed by atoms with van der Waals surface area (Å²) >= 11 is 0. The van der Waals surface area contributed by atoms with E-state index in [-0.39, 0.29) is 17.1 Å². The second kappa shape index (κ2) is 13.8. The van der Waals surface area contributed by atoms with Gasteiger partial charge in [0.2, 0.25) is 0 Å². The number of benzene rings is 2. The lowest BCUT2D eigenvalue weighted by Crippen LogP contribution is -2.15. The van der Waals surface area contributed by atoms with Crippen LogP contribution in [0.25, 0.3) is 16.7 Å². The molecule has 45 heavy (non-hydrogen) atoms. The smallest absolute Gasteiger partial charge is 0.306 e. The summed E-state index contributed by atoms with van der Waals surface area (Å²) in [6.45, 7) is 9.12. The summed E-state index contributed by atoms with van der Waals surface area (Å²) in [5.41, 5.74) is 3.59. The molecule has 0 amide bonds. The highest BCUT2D eigenvalue weighted by Crippen LogP contribution is 2.54. The molecule has 3 aromatic rings. The number of phenols is 1. The number of rotatable bonds is 12. The molecule has 0 saturated heterocycles. The van der Waals surface area contributed by atoms with Gasteiger partial charge < -0.3 is 9.84 Å². The summed E-state index contributed by atoms with van der Waals surface area (Å²) in [5.74, 6) is 5.66. The lowest BCUT2D eigenvalue weighted by molar-refractivity contribution is -0.143. The van der Waals surface area contributed by atoms with Crippen molar-refractivity contribution in [1.29, 1.82) is 0 Å². The Hall–Kier alpha value is -2.89. The standard InChI is InChI=1S/C39H55N3O3/c1-5-26-15-16-27(22-26)17-19-30-25-29(31-11-8-12-32(30)31)10-9-21-45-37(43)20-18-28-23-33(39(2,3)4)38(44)36(24-28)42-40-34-13-6-7-14-35(34)41-42/h6-7,13-14,23-24,26-27,29-32,44H,5,8-12,15-22,25H2,1-4H3. The minimum absolute atomic E-state index is 0.144. The van der Waals surface area contributed by atoms with Gasteiger partial charge in [0.25, 0.3) is 0 Å². The summed E-state index contributed by atoms with van der Waals surface area (Å²) in [6.07, 6.45) is 17.4. The van der Waals surface area contributed by atoms with E-state index in [4.69, 9.17) is 4.74 Å². The molecule has 6 rings (SSSR count). The van der Waals surface area contributed by atoms with Crippen molar-refractivity contribution >= 4 is 17.0 Å². The third-order valence-electron chi connectivity index (χ3n) is 11.7. The molecule has 6 atom stereocenters. The Kier molecular flexibility index (Phi) is 9.87. The normalized spacial score (nSPS) is 26.5. The molecule has 0 bridgehead atoms. The molecule has 3 aliphatic rings. The van der Waals surface area contributed by atoms with Crippen LogP contribution in [0.15, 0.2) is 36.4 Å². The average Bonchev–Trinajstić information content (AvgIpc) is 3.82. The predicted molar refractivity (Wildman–Crippen MR) is 181 cm³/mol. The highest BCUT2D eigenvalue weighted by atomic mass is 16.5. The molecule has 0 spiro atoms. The van der Waals surface area contributed by atoms with Crippen LogP contribution in [0, 0.1) is 35.5 Å². The Morgan fingerprint density at radius 2 is 1.62 bits per heavy atom. The second-order valence-electron chi connectivity index (χ2n) is 15.6. The van der Waals surface area contributed by atoms with E-state index >= 15 is 0 Å². The Morgan fingerprint density at radius 1 is 0.933 bits per heavy atom. The average molecular weight is 614 g/mol. The number of hydrogen-bond acceptors (Lipinski definition) is 5. The number of fused-ring (bicyclic) bond motifs is 2. The fourth-order valence-corrected chi connectivity index (χ4v) is 9.22. The molecule has 6 nitrogen and oxygen atoms in total. The van der Waals surface area contributed by atoms with Crippen LogP contribution < -0.4 is 0 Å². The van der Waals surface area contributed by atoms with E-state index in [9.17, 15) is 9.90 Å². The molecular formula is C39H55N3O3. The number of esters is 1. The van der Waals surface area contributed by atoms with Crippen LogP contribution in [-0.2, 0) is 21.4 Å². The topological polar surface area (TPSA) is 77.2 Å². The number of carbonyl (C=O) groups excluding carboxylic acids is 1. The van der Waals surface area contributed by atoms with E-state index in [1.807, 2.05) is 36.4 Å². The molecule has 0 radical (unpaired) electrons. The molecule has 3 aliphatic carbocycles. The third kappa shape index (κ3) is 7.41. The molecule has 3 fully saturated rings. The maximum atomic E-state index is 12.8. The summed E-state index contributed by atoms with van der Waals surface area (Å²) < 4.78 is 5.76. The van der Waals surface area contributed by atoms with E-state index in [1.54, 1.807) is 0 Å². The van der Waals surface area contributed by atoms with Crippen molar-refractivity contribution in [3.05, 3.63) is 47.5 Å². The van der Waals surface area contributed by atoms with E-state index in [0.29, 0.717) is 25.1 Å². The van der Waals surface area contributed by atoms with Gasteiger partial charge in [-0.2, -0.15) is 0 Å². The fraction of sp³-hybridized carbons (Fsp3) is 0.667. The monoisotopic (exact) mass is 613 g/mol. The molecule has 6 heteroatoms. The maximum absolute atomic E-state index is 12.8. The first-order valence-corrected chi connectivity index (χ1v) is 18.0. The van der Waals surface area contributed by atoms with Crippen LogP contribution in [-0.4, -0.2) is 32.7 Å². The van der Waals surface area contributed by atoms with E-state index in [2.05, 4.69) is 37.9 Å². The van der Waals surface area contributed by atoms with Crippen molar-refractivity contribution in [2.75, 3.05) is 6.61 Å². The molecule has 244 valence electrons. The number of hydrogen-bond donors (Lipinski definition) is 1. The first-order chi connectivity index (χ1) is 21.7. The Bertz CT molecular complexity index is 1420. The van der Waals surface area contributed by atoms with Gasteiger partial charge in [-0.05, 0) is 116 Å². The summed E-state index contributed by atoms with van der Waals surface area (Å²) in [7, 11) is 0. The minimum atomic E-state index is -0.284. The molecule has 3 saturated carbocycles. The van der Waals surface area contributed by atoms with Crippen LogP contribution in [0.5, 0.6) is 5.75 Å². The zero-order chi connectivity index (χ0) is 31.6. The molecule has 1 aromatic heterocycles. The molecule has 2 aromatic carbocycles. The predicted octanol–water partition coefficient (Wildman–Crippen LogP) is 9.34. The lowest BCUT2D eigenvalue weighted by atomic mass is 9.84. The Balaban J connectivity index is 0.993. The number of ether oxygens (including phenoxy) is 1. The molecule has 0 aliphatic heterocycles. The maximum Gasteiger partial charge on any atom is 0.306 e. The van der Waals surface area contributed by atoms with Gasteiger partial charge in [-0.25, -0.2) is 0 Å². The van der Waals surface area contributed by atoms with Crippen LogP contribution in [0.1, 0.15) is 122 Å². The van der Waals surface area contributed by atoms with Crippen molar-refractivity contribution < 1.29 is 14.6 Å². The van der Waals surface area contributed by atoms with Gasteiger partial charge in [-0.1, -0.05) is 78.0 Å². The van der Waals surface area contributed by atoms with Gasteiger partial charge in [0.1, 0.15) is 22.5 Å². The van der Waals surface area contributed by atoms with E-state index < -0.39 is 0 Å². The van der Waals surface area contributed by atoms with Gasteiger partial charge in [-0.3, -0.25) is 4.79 Å². The van der Waals surface area contributed by atoms with Gasteiger partial charge in [0.15, 0.2) is 0 Å². The molecule has 1 N–H and O–H groups in total. The SMILES string of the molecule is CCC1CCC(CCC2CC(CCCOC(=O)CCc3cc(-n4nc5ccccc5n4)c(O)c(C(C)(C)C)c3)C3CCCC23)C1. The first kappa shape index (κ1) is 32.1. The second-order valence-corrected chi connectivity index (χ2v) is 15.6. The number of aromatic hydroxyl groups is 1. The van der Waals surface area contributed by atoms with Crippen molar-refractivity contribution in [3.8, 4) is 11.4 Å². The Morgan fingerprint density at radius 3 is 2.29 bits per heavy atom. The minimum Gasteiger partial charge on any atom is -0.505 e. The van der Waals surface area contributed by atoms with E-state index in [1.165, 1.54) is 75.4 Å². The summed E-state index contributed by atoms with van der Waals surface area (Å²) in [5, 5.41) is 20.4. The molecular weight excluding hydrogens is 558 g/mol. The summed E-state index contributed by atoms with van der Waals surface area (Å²) in [4.78, 5) is 14.3. The number of aryl methyl sites for hydroxylation is 1.